The number of rotatable bonds is 4. The van der Waals surface area contributed by atoms with E-state index in [4.69, 9.17) is 21.9 Å². The normalized spacial score (nSPS) is 12.3. The van der Waals surface area contributed by atoms with Gasteiger partial charge < -0.3 is 10.3 Å². The molecule has 0 bridgehead atoms. The number of aryl methyl sites for hydroxylation is 1. The molecular weight excluding hydrogens is 298 g/mol. The molecule has 2 N–H and O–H groups in total. The Kier molecular flexibility index (Phi) is 4.22. The van der Waals surface area contributed by atoms with Gasteiger partial charge in [0.05, 0.1) is 6.04 Å². The first kappa shape index (κ1) is 14.8. The predicted molar refractivity (Wildman–Crippen MR) is 86.6 cm³/mol. The zero-order valence-electron chi connectivity index (χ0n) is 12.2. The maximum Gasteiger partial charge on any atom is 0.243 e. The number of nitrogens with zero attached hydrogens (tertiary/aromatic N) is 2. The molecule has 0 aliphatic rings. The zero-order chi connectivity index (χ0) is 15.5. The van der Waals surface area contributed by atoms with Gasteiger partial charge in [0.25, 0.3) is 0 Å². The van der Waals surface area contributed by atoms with E-state index >= 15 is 0 Å². The zero-order valence-corrected chi connectivity index (χ0v) is 12.9. The van der Waals surface area contributed by atoms with E-state index in [1.807, 2.05) is 24.3 Å². The van der Waals surface area contributed by atoms with Crippen molar-refractivity contribution in [2.24, 2.45) is 5.73 Å². The van der Waals surface area contributed by atoms with Crippen molar-refractivity contribution < 1.29 is 4.52 Å². The van der Waals surface area contributed by atoms with Crippen LogP contribution < -0.4 is 5.73 Å². The summed E-state index contributed by atoms with van der Waals surface area (Å²) in [7, 11) is 0. The quantitative estimate of drug-likeness (QED) is 0.792. The molecule has 112 valence electrons. The fourth-order valence-electron chi connectivity index (χ4n) is 2.28. The van der Waals surface area contributed by atoms with Crippen LogP contribution >= 0.6 is 11.6 Å². The molecule has 0 aliphatic carbocycles. The fourth-order valence-corrected chi connectivity index (χ4v) is 2.41. The first-order valence-corrected chi connectivity index (χ1v) is 7.40. The number of halogens is 1. The van der Waals surface area contributed by atoms with E-state index in [2.05, 4.69) is 34.4 Å². The highest BCUT2D eigenvalue weighted by Crippen LogP contribution is 2.23. The standard InChI is InChI=1S/C17H16ClN3O/c1-11-20-17(22-21-11)16(19)10-12-2-4-13(5-3-12)14-6-8-15(18)9-7-14/h2-9,16H,10,19H2,1H3/t16-/m1/s1. The Bertz CT molecular complexity index is 750. The van der Waals surface area contributed by atoms with Gasteiger partial charge in [-0.1, -0.05) is 53.2 Å². The van der Waals surface area contributed by atoms with E-state index in [0.29, 0.717) is 18.1 Å². The minimum atomic E-state index is -0.289. The highest BCUT2D eigenvalue weighted by Gasteiger charge is 2.14. The Morgan fingerprint density at radius 1 is 1.05 bits per heavy atom. The van der Waals surface area contributed by atoms with Crippen molar-refractivity contribution in [3.05, 3.63) is 70.8 Å². The van der Waals surface area contributed by atoms with Crippen molar-refractivity contribution >= 4 is 11.6 Å². The summed E-state index contributed by atoms with van der Waals surface area (Å²) in [6.45, 7) is 1.78. The lowest BCUT2D eigenvalue weighted by molar-refractivity contribution is 0.351. The van der Waals surface area contributed by atoms with Crippen LogP contribution in [-0.2, 0) is 6.42 Å². The fraction of sp³-hybridized carbons (Fsp3) is 0.176. The number of aromatic nitrogens is 2. The first-order valence-electron chi connectivity index (χ1n) is 7.02. The van der Waals surface area contributed by atoms with Gasteiger partial charge in [-0.2, -0.15) is 4.98 Å². The van der Waals surface area contributed by atoms with Crippen molar-refractivity contribution in [1.82, 2.24) is 10.1 Å². The second-order valence-electron chi connectivity index (χ2n) is 5.19. The van der Waals surface area contributed by atoms with Gasteiger partial charge in [0.2, 0.25) is 5.89 Å². The Labute approximate surface area is 133 Å². The minimum Gasteiger partial charge on any atom is -0.338 e. The van der Waals surface area contributed by atoms with Crippen LogP contribution in [0.3, 0.4) is 0 Å². The van der Waals surface area contributed by atoms with E-state index in [-0.39, 0.29) is 6.04 Å². The monoisotopic (exact) mass is 313 g/mol. The molecule has 4 nitrogen and oxygen atoms in total. The van der Waals surface area contributed by atoms with Crippen molar-refractivity contribution in [1.29, 1.82) is 0 Å². The lowest BCUT2D eigenvalue weighted by Gasteiger charge is -2.08. The van der Waals surface area contributed by atoms with E-state index in [1.165, 1.54) is 0 Å². The smallest absolute Gasteiger partial charge is 0.243 e. The van der Waals surface area contributed by atoms with Gasteiger partial charge in [-0.05, 0) is 42.2 Å². The lowest BCUT2D eigenvalue weighted by atomic mass is 10.0. The number of hydrogen-bond donors (Lipinski definition) is 1. The van der Waals surface area contributed by atoms with Crippen molar-refractivity contribution in [3.8, 4) is 11.1 Å². The highest BCUT2D eigenvalue weighted by molar-refractivity contribution is 6.30. The summed E-state index contributed by atoms with van der Waals surface area (Å²) in [6.07, 6.45) is 0.655. The first-order chi connectivity index (χ1) is 10.6. The van der Waals surface area contributed by atoms with Crippen LogP contribution in [0.15, 0.2) is 53.1 Å². The van der Waals surface area contributed by atoms with Crippen LogP contribution in [0.25, 0.3) is 11.1 Å². The van der Waals surface area contributed by atoms with Crippen LogP contribution in [-0.4, -0.2) is 10.1 Å². The summed E-state index contributed by atoms with van der Waals surface area (Å²) >= 11 is 5.91. The van der Waals surface area contributed by atoms with Gasteiger partial charge >= 0.3 is 0 Å². The topological polar surface area (TPSA) is 64.9 Å². The summed E-state index contributed by atoms with van der Waals surface area (Å²) in [6, 6.07) is 15.8. The third kappa shape index (κ3) is 3.35. The third-order valence-corrected chi connectivity index (χ3v) is 3.70. The number of nitrogens with two attached hydrogens (primary N) is 1. The van der Waals surface area contributed by atoms with Crippen molar-refractivity contribution in [2.75, 3.05) is 0 Å². The lowest BCUT2D eigenvalue weighted by Crippen LogP contribution is -2.13. The number of hydrogen-bond acceptors (Lipinski definition) is 4. The Balaban J connectivity index is 1.72. The summed E-state index contributed by atoms with van der Waals surface area (Å²) in [5.74, 6) is 1.07. The molecule has 3 rings (SSSR count). The molecule has 5 heteroatoms. The minimum absolute atomic E-state index is 0.289. The molecular formula is C17H16ClN3O. The van der Waals surface area contributed by atoms with E-state index in [9.17, 15) is 0 Å². The van der Waals surface area contributed by atoms with Crippen LogP contribution in [0.4, 0.5) is 0 Å². The van der Waals surface area contributed by atoms with Crippen molar-refractivity contribution in [2.45, 2.75) is 19.4 Å². The molecule has 1 heterocycles. The van der Waals surface area contributed by atoms with Crippen LogP contribution in [0, 0.1) is 6.92 Å². The van der Waals surface area contributed by atoms with Gasteiger partial charge in [0, 0.05) is 5.02 Å². The highest BCUT2D eigenvalue weighted by atomic mass is 35.5. The second-order valence-corrected chi connectivity index (χ2v) is 5.63. The molecule has 0 radical (unpaired) electrons. The molecule has 0 saturated heterocycles. The largest absolute Gasteiger partial charge is 0.338 e. The van der Waals surface area contributed by atoms with Gasteiger partial charge in [-0.3, -0.25) is 0 Å². The average Bonchev–Trinajstić information content (AvgIpc) is 2.96. The molecule has 0 aliphatic heterocycles. The third-order valence-electron chi connectivity index (χ3n) is 3.45. The van der Waals surface area contributed by atoms with E-state index < -0.39 is 0 Å². The summed E-state index contributed by atoms with van der Waals surface area (Å²) < 4.78 is 5.10. The summed E-state index contributed by atoms with van der Waals surface area (Å²) in [5.41, 5.74) is 9.49. The molecule has 2 aromatic carbocycles. The molecule has 1 atom stereocenters. The molecule has 0 spiro atoms. The Morgan fingerprint density at radius 3 is 2.18 bits per heavy atom. The molecule has 0 saturated carbocycles. The van der Waals surface area contributed by atoms with E-state index in [0.717, 1.165) is 21.7 Å². The van der Waals surface area contributed by atoms with Crippen LogP contribution in [0.5, 0.6) is 0 Å². The van der Waals surface area contributed by atoms with Gasteiger partial charge in [0.1, 0.15) is 0 Å². The molecule has 3 aromatic rings. The van der Waals surface area contributed by atoms with Crippen LogP contribution in [0.1, 0.15) is 23.3 Å². The maximum absolute atomic E-state index is 6.10. The van der Waals surface area contributed by atoms with Gasteiger partial charge in [-0.25, -0.2) is 0 Å². The second kappa shape index (κ2) is 6.30. The predicted octanol–water partition coefficient (Wildman–Crippen LogP) is 3.94. The van der Waals surface area contributed by atoms with Crippen LogP contribution in [0.2, 0.25) is 5.02 Å². The molecule has 0 unspecified atom stereocenters. The summed E-state index contributed by atoms with van der Waals surface area (Å²) in [5, 5.41) is 4.50. The maximum atomic E-state index is 6.10. The molecule has 22 heavy (non-hydrogen) atoms. The average molecular weight is 314 g/mol. The Morgan fingerprint density at radius 2 is 1.64 bits per heavy atom. The summed E-state index contributed by atoms with van der Waals surface area (Å²) in [4.78, 5) is 4.16. The number of benzene rings is 2. The van der Waals surface area contributed by atoms with Crippen molar-refractivity contribution in [3.63, 3.8) is 0 Å². The molecule has 0 amide bonds. The van der Waals surface area contributed by atoms with Gasteiger partial charge in [-0.15, -0.1) is 0 Å². The van der Waals surface area contributed by atoms with E-state index in [1.54, 1.807) is 6.92 Å². The van der Waals surface area contributed by atoms with Gasteiger partial charge in [0.15, 0.2) is 5.82 Å². The Hall–Kier alpha value is -2.17. The SMILES string of the molecule is Cc1noc([C@H](N)Cc2ccc(-c3ccc(Cl)cc3)cc2)n1. The molecule has 1 aromatic heterocycles. The molecule has 0 fully saturated rings.